The average Bonchev–Trinajstić information content (AvgIpc) is 2.89. The van der Waals surface area contributed by atoms with Crippen LogP contribution in [0.3, 0.4) is 0 Å². The Bertz CT molecular complexity index is 535. The molecule has 2 heterocycles. The number of phenolic OH excluding ortho intramolecular Hbond substituents is 1. The van der Waals surface area contributed by atoms with Crippen LogP contribution in [0.4, 0.5) is 0 Å². The van der Waals surface area contributed by atoms with Gasteiger partial charge in [-0.3, -0.25) is 9.69 Å². The number of benzene rings is 1. The number of rotatable bonds is 2. The zero-order valence-corrected chi connectivity index (χ0v) is 12.3. The van der Waals surface area contributed by atoms with Crippen LogP contribution in [-0.2, 0) is 11.3 Å². The lowest BCUT2D eigenvalue weighted by Gasteiger charge is -2.41. The first-order chi connectivity index (χ1) is 9.58. The molecule has 108 valence electrons. The van der Waals surface area contributed by atoms with Gasteiger partial charge in [0.2, 0.25) is 5.91 Å². The second-order valence-corrected chi connectivity index (χ2v) is 6.06. The van der Waals surface area contributed by atoms with E-state index in [0.29, 0.717) is 17.6 Å². The van der Waals surface area contributed by atoms with E-state index in [4.69, 9.17) is 11.6 Å². The summed E-state index contributed by atoms with van der Waals surface area (Å²) in [5, 5.41) is 10.1. The van der Waals surface area contributed by atoms with Crippen LogP contribution in [0.2, 0.25) is 5.02 Å². The van der Waals surface area contributed by atoms with Gasteiger partial charge in [0, 0.05) is 25.7 Å². The van der Waals surface area contributed by atoms with E-state index in [1.54, 1.807) is 12.1 Å². The van der Waals surface area contributed by atoms with Gasteiger partial charge >= 0.3 is 0 Å². The Morgan fingerprint density at radius 3 is 3.05 bits per heavy atom. The lowest BCUT2D eigenvalue weighted by molar-refractivity contribution is -0.143. The second-order valence-electron chi connectivity index (χ2n) is 5.68. The van der Waals surface area contributed by atoms with Crippen molar-refractivity contribution >= 4 is 17.5 Å². The van der Waals surface area contributed by atoms with Crippen molar-refractivity contribution in [3.05, 3.63) is 28.8 Å². The van der Waals surface area contributed by atoms with E-state index in [-0.39, 0.29) is 17.7 Å². The van der Waals surface area contributed by atoms with Crippen molar-refractivity contribution < 1.29 is 9.90 Å². The zero-order chi connectivity index (χ0) is 14.3. The number of nitrogens with zero attached hydrogens (tertiary/aromatic N) is 2. The fourth-order valence-electron chi connectivity index (χ4n) is 3.25. The first-order valence-electron chi connectivity index (χ1n) is 7.09. The van der Waals surface area contributed by atoms with Gasteiger partial charge in [-0.1, -0.05) is 23.7 Å². The number of aromatic hydroxyl groups is 1. The van der Waals surface area contributed by atoms with Crippen LogP contribution in [0.25, 0.3) is 0 Å². The topological polar surface area (TPSA) is 43.8 Å². The molecule has 5 heteroatoms. The molecule has 3 rings (SSSR count). The van der Waals surface area contributed by atoms with Crippen molar-refractivity contribution in [1.82, 2.24) is 9.80 Å². The fourth-order valence-corrected chi connectivity index (χ4v) is 3.44. The van der Waals surface area contributed by atoms with Gasteiger partial charge in [-0.05, 0) is 31.4 Å². The molecular formula is C15H19ClN2O2. The molecule has 0 bridgehead atoms. The number of piperazine rings is 1. The molecule has 2 aliphatic rings. The minimum atomic E-state index is -0.122. The molecule has 1 amide bonds. The predicted molar refractivity (Wildman–Crippen MR) is 77.7 cm³/mol. The maximum absolute atomic E-state index is 12.4. The molecule has 2 atom stereocenters. The summed E-state index contributed by atoms with van der Waals surface area (Å²) in [6.45, 7) is 4.34. The summed E-state index contributed by atoms with van der Waals surface area (Å²) in [6.07, 6.45) is 2.19. The minimum absolute atomic E-state index is 0.0997. The highest BCUT2D eigenvalue weighted by atomic mass is 35.5. The van der Waals surface area contributed by atoms with Crippen LogP contribution in [0, 0.1) is 0 Å². The number of carbonyl (C=O) groups is 1. The Labute approximate surface area is 123 Å². The van der Waals surface area contributed by atoms with Crippen molar-refractivity contribution in [2.45, 2.75) is 38.4 Å². The first kappa shape index (κ1) is 13.7. The van der Waals surface area contributed by atoms with Crippen LogP contribution in [0.15, 0.2) is 18.2 Å². The van der Waals surface area contributed by atoms with E-state index < -0.39 is 0 Å². The Balaban J connectivity index is 1.80. The Morgan fingerprint density at radius 2 is 2.25 bits per heavy atom. The van der Waals surface area contributed by atoms with Crippen molar-refractivity contribution in [1.29, 1.82) is 0 Å². The fraction of sp³-hybridized carbons (Fsp3) is 0.533. The van der Waals surface area contributed by atoms with Crippen LogP contribution in [-0.4, -0.2) is 46.0 Å². The van der Waals surface area contributed by atoms with E-state index in [0.717, 1.165) is 31.5 Å². The minimum Gasteiger partial charge on any atom is -0.506 e. The lowest BCUT2D eigenvalue weighted by atomic mass is 10.1. The summed E-state index contributed by atoms with van der Waals surface area (Å²) in [6, 6.07) is 5.49. The number of phenols is 1. The van der Waals surface area contributed by atoms with Crippen LogP contribution < -0.4 is 0 Å². The average molecular weight is 295 g/mol. The highest BCUT2D eigenvalue weighted by molar-refractivity contribution is 6.32. The van der Waals surface area contributed by atoms with E-state index in [9.17, 15) is 9.90 Å². The molecule has 1 aromatic rings. The van der Waals surface area contributed by atoms with Gasteiger partial charge in [-0.25, -0.2) is 0 Å². The number of halogens is 1. The van der Waals surface area contributed by atoms with E-state index in [1.807, 2.05) is 17.9 Å². The first-order valence-corrected chi connectivity index (χ1v) is 7.46. The number of amides is 1. The Hall–Kier alpha value is -1.26. The third-order valence-corrected chi connectivity index (χ3v) is 4.88. The summed E-state index contributed by atoms with van der Waals surface area (Å²) in [7, 11) is 0. The second kappa shape index (κ2) is 5.26. The third-order valence-electron chi connectivity index (χ3n) is 4.44. The molecule has 2 saturated heterocycles. The Kier molecular flexibility index (Phi) is 3.61. The summed E-state index contributed by atoms with van der Waals surface area (Å²) in [5.41, 5.74) is 0.873. The lowest BCUT2D eigenvalue weighted by Crippen LogP contribution is -2.58. The van der Waals surface area contributed by atoms with Gasteiger partial charge < -0.3 is 10.0 Å². The van der Waals surface area contributed by atoms with Crippen molar-refractivity contribution in [3.8, 4) is 5.75 Å². The van der Waals surface area contributed by atoms with E-state index >= 15 is 0 Å². The summed E-state index contributed by atoms with van der Waals surface area (Å²) in [5.74, 6) is 0.317. The maximum Gasteiger partial charge on any atom is 0.239 e. The molecule has 1 N–H and O–H groups in total. The zero-order valence-electron chi connectivity index (χ0n) is 11.6. The van der Waals surface area contributed by atoms with Gasteiger partial charge in [0.05, 0.1) is 11.1 Å². The molecule has 0 spiro atoms. The van der Waals surface area contributed by atoms with Gasteiger partial charge in [0.15, 0.2) is 0 Å². The number of hydrogen-bond donors (Lipinski definition) is 1. The molecule has 2 fully saturated rings. The molecule has 0 saturated carbocycles. The summed E-state index contributed by atoms with van der Waals surface area (Å²) >= 11 is 6.14. The largest absolute Gasteiger partial charge is 0.506 e. The van der Waals surface area contributed by atoms with Crippen LogP contribution in [0.5, 0.6) is 5.75 Å². The highest BCUT2D eigenvalue weighted by Gasteiger charge is 2.40. The normalized spacial score (nSPS) is 26.9. The summed E-state index contributed by atoms with van der Waals surface area (Å²) < 4.78 is 0. The maximum atomic E-state index is 12.4. The van der Waals surface area contributed by atoms with E-state index in [1.165, 1.54) is 0 Å². The molecule has 1 aromatic carbocycles. The molecule has 0 radical (unpaired) electrons. The highest BCUT2D eigenvalue weighted by Crippen LogP contribution is 2.31. The summed E-state index contributed by atoms with van der Waals surface area (Å²) in [4.78, 5) is 16.5. The van der Waals surface area contributed by atoms with Gasteiger partial charge in [-0.2, -0.15) is 0 Å². The molecule has 2 aliphatic heterocycles. The molecule has 0 unspecified atom stereocenters. The van der Waals surface area contributed by atoms with Crippen LogP contribution >= 0.6 is 11.6 Å². The quantitative estimate of drug-likeness (QED) is 0.910. The Morgan fingerprint density at radius 1 is 1.45 bits per heavy atom. The van der Waals surface area contributed by atoms with Gasteiger partial charge in [0.25, 0.3) is 0 Å². The van der Waals surface area contributed by atoms with Crippen molar-refractivity contribution in [2.24, 2.45) is 0 Å². The molecule has 0 aromatic heterocycles. The van der Waals surface area contributed by atoms with E-state index in [2.05, 4.69) is 4.90 Å². The monoisotopic (exact) mass is 294 g/mol. The van der Waals surface area contributed by atoms with Gasteiger partial charge in [0.1, 0.15) is 5.75 Å². The molecule has 4 nitrogen and oxygen atoms in total. The molecular weight excluding hydrogens is 276 g/mol. The SMILES string of the molecule is C[C@H]1C(=O)N2CCC[C@H]2CN1Cc1cccc(O)c1Cl. The predicted octanol–water partition coefficient (Wildman–Crippen LogP) is 2.24. The van der Waals surface area contributed by atoms with Gasteiger partial charge in [-0.15, -0.1) is 0 Å². The standard InChI is InChI=1S/C15H19ClN2O2/c1-10-15(20)18-7-3-5-12(18)9-17(10)8-11-4-2-6-13(19)14(11)16/h2,4,6,10,12,19H,3,5,7-9H2,1H3/t10-,12-/m0/s1. The van der Waals surface area contributed by atoms with Crippen molar-refractivity contribution in [3.63, 3.8) is 0 Å². The number of hydrogen-bond acceptors (Lipinski definition) is 3. The van der Waals surface area contributed by atoms with Crippen LogP contribution in [0.1, 0.15) is 25.3 Å². The molecule has 0 aliphatic carbocycles. The smallest absolute Gasteiger partial charge is 0.239 e. The number of fused-ring (bicyclic) bond motifs is 1. The third kappa shape index (κ3) is 2.27. The molecule has 20 heavy (non-hydrogen) atoms. The number of carbonyl (C=O) groups excluding carboxylic acids is 1. The van der Waals surface area contributed by atoms with Crippen molar-refractivity contribution in [2.75, 3.05) is 13.1 Å².